The van der Waals surface area contributed by atoms with Gasteiger partial charge in [-0.2, -0.15) is 0 Å². The fourth-order valence-electron chi connectivity index (χ4n) is 1.70. The van der Waals surface area contributed by atoms with Crippen molar-refractivity contribution in [1.82, 2.24) is 4.98 Å². The summed E-state index contributed by atoms with van der Waals surface area (Å²) in [7, 11) is 0. The highest BCUT2D eigenvalue weighted by Gasteiger charge is 2.10. The first-order valence-corrected chi connectivity index (χ1v) is 5.00. The normalized spacial score (nSPS) is 10.1. The number of carbonyl (C=O) groups is 1. The second kappa shape index (κ2) is 4.14. The molecule has 0 radical (unpaired) electrons. The van der Waals surface area contributed by atoms with Gasteiger partial charge in [-0.1, -0.05) is 24.3 Å². The minimum Gasteiger partial charge on any atom is -0.366 e. The van der Waals surface area contributed by atoms with Crippen LogP contribution in [0.4, 0.5) is 0 Å². The number of aromatic nitrogens is 1. The molecule has 0 fully saturated rings. The second-order valence-electron chi connectivity index (χ2n) is 3.60. The number of carbonyl (C=O) groups excluding carboxylic acids is 1. The quantitative estimate of drug-likeness (QED) is 0.829. The third-order valence-electron chi connectivity index (χ3n) is 2.52. The molecule has 1 aromatic heterocycles. The van der Waals surface area contributed by atoms with Crippen molar-refractivity contribution >= 4 is 5.91 Å². The molecule has 0 atom stereocenters. The molecule has 80 valence electrons. The van der Waals surface area contributed by atoms with Crippen LogP contribution < -0.4 is 5.73 Å². The van der Waals surface area contributed by atoms with Crippen molar-refractivity contribution in [3.05, 3.63) is 53.9 Å². The molecule has 0 aliphatic carbocycles. The average Bonchev–Trinajstić information content (AvgIpc) is 2.29. The zero-order chi connectivity index (χ0) is 11.5. The number of benzene rings is 1. The molecule has 3 nitrogen and oxygen atoms in total. The Hall–Kier alpha value is -2.16. The van der Waals surface area contributed by atoms with E-state index in [9.17, 15) is 4.79 Å². The molecule has 0 unspecified atom stereocenters. The molecule has 16 heavy (non-hydrogen) atoms. The van der Waals surface area contributed by atoms with Crippen LogP contribution in [0.5, 0.6) is 0 Å². The molecule has 0 saturated heterocycles. The molecular weight excluding hydrogens is 200 g/mol. The van der Waals surface area contributed by atoms with Crippen LogP contribution in [0.2, 0.25) is 0 Å². The Labute approximate surface area is 93.9 Å². The summed E-state index contributed by atoms with van der Waals surface area (Å²) in [6, 6.07) is 9.48. The Morgan fingerprint density at radius 2 is 1.94 bits per heavy atom. The molecule has 0 aliphatic rings. The van der Waals surface area contributed by atoms with Gasteiger partial charge in [0, 0.05) is 23.5 Å². The van der Waals surface area contributed by atoms with E-state index < -0.39 is 5.91 Å². The van der Waals surface area contributed by atoms with E-state index >= 15 is 0 Å². The van der Waals surface area contributed by atoms with Gasteiger partial charge in [-0.05, 0) is 24.1 Å². The average molecular weight is 212 g/mol. The van der Waals surface area contributed by atoms with Gasteiger partial charge in [0.05, 0.1) is 0 Å². The highest BCUT2D eigenvalue weighted by molar-refractivity contribution is 5.99. The molecule has 0 bridgehead atoms. The Morgan fingerprint density at radius 1 is 1.19 bits per heavy atom. The number of nitrogens with zero attached hydrogens (tertiary/aromatic N) is 1. The second-order valence-corrected chi connectivity index (χ2v) is 3.60. The Balaban J connectivity index is 2.65. The first-order chi connectivity index (χ1) is 7.70. The Morgan fingerprint density at radius 3 is 2.62 bits per heavy atom. The number of hydrogen-bond acceptors (Lipinski definition) is 2. The van der Waals surface area contributed by atoms with E-state index in [0.717, 1.165) is 16.7 Å². The summed E-state index contributed by atoms with van der Waals surface area (Å²) in [4.78, 5) is 15.3. The molecule has 0 aliphatic heterocycles. The lowest BCUT2D eigenvalue weighted by atomic mass is 9.98. The maximum absolute atomic E-state index is 11.3. The molecule has 1 heterocycles. The molecule has 0 spiro atoms. The molecule has 2 N–H and O–H groups in total. The van der Waals surface area contributed by atoms with Crippen molar-refractivity contribution < 1.29 is 4.79 Å². The molecular formula is C13H12N2O. The smallest absolute Gasteiger partial charge is 0.249 e. The summed E-state index contributed by atoms with van der Waals surface area (Å²) in [5, 5.41) is 0. The van der Waals surface area contributed by atoms with Gasteiger partial charge < -0.3 is 5.73 Å². The van der Waals surface area contributed by atoms with Crippen LogP contribution in [0, 0.1) is 6.92 Å². The molecule has 2 aromatic rings. The topological polar surface area (TPSA) is 56.0 Å². The first kappa shape index (κ1) is 10.4. The third-order valence-corrected chi connectivity index (χ3v) is 2.52. The summed E-state index contributed by atoms with van der Waals surface area (Å²) in [5.74, 6) is -0.430. The predicted molar refractivity (Wildman–Crippen MR) is 62.9 cm³/mol. The molecule has 3 heteroatoms. The van der Waals surface area contributed by atoms with Crippen molar-refractivity contribution in [2.75, 3.05) is 0 Å². The van der Waals surface area contributed by atoms with Gasteiger partial charge in [-0.3, -0.25) is 9.78 Å². The van der Waals surface area contributed by atoms with Gasteiger partial charge in [-0.25, -0.2) is 0 Å². The van der Waals surface area contributed by atoms with Gasteiger partial charge in [0.2, 0.25) is 5.91 Å². The fourth-order valence-corrected chi connectivity index (χ4v) is 1.70. The minimum absolute atomic E-state index is 0.430. The standard InChI is InChI=1S/C13H12N2O/c1-9-4-2-3-5-10(9)12-8-15-7-6-11(12)13(14)16/h2-8H,1H3,(H2,14,16). The van der Waals surface area contributed by atoms with E-state index in [1.54, 1.807) is 18.5 Å². The van der Waals surface area contributed by atoms with E-state index in [2.05, 4.69) is 4.98 Å². The lowest BCUT2D eigenvalue weighted by Crippen LogP contribution is -2.12. The number of pyridine rings is 1. The number of hydrogen-bond donors (Lipinski definition) is 1. The summed E-state index contributed by atoms with van der Waals surface area (Å²) in [5.41, 5.74) is 8.71. The lowest BCUT2D eigenvalue weighted by molar-refractivity contribution is 0.100. The third kappa shape index (κ3) is 1.80. The number of amides is 1. The maximum atomic E-state index is 11.3. The highest BCUT2D eigenvalue weighted by Crippen LogP contribution is 2.25. The van der Waals surface area contributed by atoms with Crippen LogP contribution in [0.3, 0.4) is 0 Å². The summed E-state index contributed by atoms with van der Waals surface area (Å²) in [6.45, 7) is 1.99. The van der Waals surface area contributed by atoms with Gasteiger partial charge in [-0.15, -0.1) is 0 Å². The zero-order valence-corrected chi connectivity index (χ0v) is 8.97. The molecule has 0 saturated carbocycles. The van der Waals surface area contributed by atoms with Crippen molar-refractivity contribution in [3.63, 3.8) is 0 Å². The van der Waals surface area contributed by atoms with E-state index in [0.29, 0.717) is 5.56 Å². The van der Waals surface area contributed by atoms with Gasteiger partial charge >= 0.3 is 0 Å². The van der Waals surface area contributed by atoms with E-state index in [1.165, 1.54) is 0 Å². The highest BCUT2D eigenvalue weighted by atomic mass is 16.1. The number of rotatable bonds is 2. The van der Waals surface area contributed by atoms with E-state index in [1.807, 2.05) is 31.2 Å². The molecule has 1 amide bonds. The van der Waals surface area contributed by atoms with Crippen molar-refractivity contribution in [2.45, 2.75) is 6.92 Å². The van der Waals surface area contributed by atoms with Crippen LogP contribution in [-0.4, -0.2) is 10.9 Å². The van der Waals surface area contributed by atoms with E-state index in [4.69, 9.17) is 5.73 Å². The summed E-state index contributed by atoms with van der Waals surface area (Å²) >= 11 is 0. The Kier molecular flexibility index (Phi) is 2.68. The van der Waals surface area contributed by atoms with Crippen LogP contribution in [0.1, 0.15) is 15.9 Å². The largest absolute Gasteiger partial charge is 0.366 e. The number of nitrogens with two attached hydrogens (primary N) is 1. The van der Waals surface area contributed by atoms with Crippen LogP contribution in [0.15, 0.2) is 42.7 Å². The fraction of sp³-hybridized carbons (Fsp3) is 0.0769. The SMILES string of the molecule is Cc1ccccc1-c1cnccc1C(N)=O. The van der Waals surface area contributed by atoms with Gasteiger partial charge in [0.15, 0.2) is 0 Å². The minimum atomic E-state index is -0.430. The van der Waals surface area contributed by atoms with Crippen LogP contribution in [0.25, 0.3) is 11.1 Å². The van der Waals surface area contributed by atoms with Crippen LogP contribution in [-0.2, 0) is 0 Å². The summed E-state index contributed by atoms with van der Waals surface area (Å²) in [6.07, 6.45) is 3.24. The maximum Gasteiger partial charge on any atom is 0.249 e. The Bertz CT molecular complexity index is 535. The van der Waals surface area contributed by atoms with Crippen LogP contribution >= 0.6 is 0 Å². The molecule has 2 rings (SSSR count). The lowest BCUT2D eigenvalue weighted by Gasteiger charge is -2.08. The monoisotopic (exact) mass is 212 g/mol. The van der Waals surface area contributed by atoms with Crippen molar-refractivity contribution in [1.29, 1.82) is 0 Å². The van der Waals surface area contributed by atoms with Gasteiger partial charge in [0.25, 0.3) is 0 Å². The zero-order valence-electron chi connectivity index (χ0n) is 8.97. The van der Waals surface area contributed by atoms with Gasteiger partial charge in [0.1, 0.15) is 0 Å². The molecule has 1 aromatic carbocycles. The first-order valence-electron chi connectivity index (χ1n) is 5.00. The predicted octanol–water partition coefficient (Wildman–Crippen LogP) is 2.16. The van der Waals surface area contributed by atoms with Crippen molar-refractivity contribution in [3.8, 4) is 11.1 Å². The number of aryl methyl sites for hydroxylation is 1. The van der Waals surface area contributed by atoms with Crippen molar-refractivity contribution in [2.24, 2.45) is 5.73 Å². The van der Waals surface area contributed by atoms with E-state index in [-0.39, 0.29) is 0 Å². The summed E-state index contributed by atoms with van der Waals surface area (Å²) < 4.78 is 0. The number of primary amides is 1.